The van der Waals surface area contributed by atoms with Crippen molar-refractivity contribution in [2.24, 2.45) is 0 Å². The topological polar surface area (TPSA) is 0 Å². The minimum atomic E-state index is 0.248. The summed E-state index contributed by atoms with van der Waals surface area (Å²) in [5.41, 5.74) is 2.87. The maximum absolute atomic E-state index is 3.60. The maximum Gasteiger partial charge on any atom is -0.00640 e. The van der Waals surface area contributed by atoms with Gasteiger partial charge in [-0.3, -0.25) is 0 Å². The molecule has 1 atom stereocenters. The van der Waals surface area contributed by atoms with Gasteiger partial charge in [-0.1, -0.05) is 28.3 Å². The van der Waals surface area contributed by atoms with Crippen LogP contribution in [0.25, 0.3) is 0 Å². The van der Waals surface area contributed by atoms with Gasteiger partial charge in [0.05, 0.1) is 0 Å². The molecule has 1 aliphatic carbocycles. The van der Waals surface area contributed by atoms with E-state index in [2.05, 4.69) is 32.2 Å². The lowest BCUT2D eigenvalue weighted by Gasteiger charge is -2.20. The summed E-state index contributed by atoms with van der Waals surface area (Å²) in [6, 6.07) is 0. The molecule has 1 rings (SSSR count). The molecule has 11 heavy (non-hydrogen) atoms. The van der Waals surface area contributed by atoms with Gasteiger partial charge >= 0.3 is 0 Å². The molecule has 0 aromatic heterocycles. The summed E-state index contributed by atoms with van der Waals surface area (Å²) in [5.74, 6) is 0. The van der Waals surface area contributed by atoms with Gasteiger partial charge in [-0.25, -0.2) is 0 Å². The first-order valence-corrected chi connectivity index (χ1v) is 6.03. The maximum atomic E-state index is 3.60. The van der Waals surface area contributed by atoms with Gasteiger partial charge in [-0.2, -0.15) is 0 Å². The lowest BCUT2D eigenvalue weighted by Crippen LogP contribution is -2.02. The second kappa shape index (κ2) is 3.57. The van der Waals surface area contributed by atoms with Crippen LogP contribution < -0.4 is 0 Å². The molecular formula is C10H17P. The van der Waals surface area contributed by atoms with E-state index in [9.17, 15) is 0 Å². The molecule has 1 saturated carbocycles. The van der Waals surface area contributed by atoms with E-state index in [0.29, 0.717) is 0 Å². The third-order valence-electron chi connectivity index (χ3n) is 2.57. The second-order valence-electron chi connectivity index (χ2n) is 3.44. The third kappa shape index (κ3) is 2.19. The largest absolute Gasteiger partial charge is 0.133 e. The Labute approximate surface area is 71.1 Å². The minimum absolute atomic E-state index is 0.248. The quantitative estimate of drug-likeness (QED) is 0.446. The second-order valence-corrected chi connectivity index (χ2v) is 6.60. The number of allylic oxidation sites excluding steroid dienone is 1. The highest BCUT2D eigenvalue weighted by molar-refractivity contribution is 7.59. The normalized spacial score (nSPS) is 22.0. The molecule has 0 heterocycles. The van der Waals surface area contributed by atoms with E-state index in [1.54, 1.807) is 0 Å². The third-order valence-corrected chi connectivity index (χ3v) is 5.94. The van der Waals surface area contributed by atoms with E-state index >= 15 is 0 Å². The molecule has 0 aromatic rings. The molecule has 0 radical (unpaired) electrons. The van der Waals surface area contributed by atoms with E-state index in [0.717, 1.165) is 5.16 Å². The summed E-state index contributed by atoms with van der Waals surface area (Å²) in [6.45, 7) is 8.34. The summed E-state index contributed by atoms with van der Waals surface area (Å²) >= 11 is 0. The summed E-state index contributed by atoms with van der Waals surface area (Å²) < 4.78 is 0. The van der Waals surface area contributed by atoms with E-state index in [4.69, 9.17) is 0 Å². The molecule has 0 amide bonds. The van der Waals surface area contributed by atoms with E-state index in [1.165, 1.54) is 25.2 Å². The van der Waals surface area contributed by atoms with Crippen molar-refractivity contribution in [2.45, 2.75) is 31.8 Å². The summed E-state index contributed by atoms with van der Waals surface area (Å²) in [4.78, 5) is 0. The van der Waals surface area contributed by atoms with Crippen LogP contribution in [0.3, 0.4) is 0 Å². The van der Waals surface area contributed by atoms with Gasteiger partial charge in [-0.05, 0) is 36.4 Å². The van der Waals surface area contributed by atoms with E-state index < -0.39 is 0 Å². The number of hydrogen-bond acceptors (Lipinski definition) is 0. The zero-order chi connectivity index (χ0) is 8.32. The van der Waals surface area contributed by atoms with Gasteiger partial charge in [0.2, 0.25) is 0 Å². The van der Waals surface area contributed by atoms with Gasteiger partial charge in [0.1, 0.15) is 0 Å². The van der Waals surface area contributed by atoms with Gasteiger partial charge < -0.3 is 0 Å². The molecule has 0 N–H and O–H groups in total. The zero-order valence-corrected chi connectivity index (χ0v) is 8.45. The Bertz CT molecular complexity index is 173. The van der Waals surface area contributed by atoms with Crippen molar-refractivity contribution in [3.05, 3.63) is 18.4 Å². The molecular weight excluding hydrogens is 151 g/mol. The molecule has 0 aromatic carbocycles. The SMILES string of the molecule is C=C=CCP(CC)C1(C)CC1. The fourth-order valence-corrected chi connectivity index (χ4v) is 3.96. The summed E-state index contributed by atoms with van der Waals surface area (Å²) in [6.07, 6.45) is 7.63. The lowest BCUT2D eigenvalue weighted by atomic mass is 10.5. The Hall–Kier alpha value is -0.0500. The fourth-order valence-electron chi connectivity index (χ4n) is 1.40. The Morgan fingerprint density at radius 1 is 1.64 bits per heavy atom. The van der Waals surface area contributed by atoms with Crippen molar-refractivity contribution >= 4 is 7.92 Å². The Kier molecular flexibility index (Phi) is 2.93. The molecule has 1 unspecified atom stereocenters. The van der Waals surface area contributed by atoms with Crippen molar-refractivity contribution in [3.8, 4) is 0 Å². The van der Waals surface area contributed by atoms with Crippen molar-refractivity contribution in [1.29, 1.82) is 0 Å². The lowest BCUT2D eigenvalue weighted by molar-refractivity contribution is 1.02. The molecule has 0 spiro atoms. The van der Waals surface area contributed by atoms with E-state index in [-0.39, 0.29) is 7.92 Å². The average molecular weight is 168 g/mol. The smallest absolute Gasteiger partial charge is 0.00640 e. The average Bonchev–Trinajstić information content (AvgIpc) is 2.71. The zero-order valence-electron chi connectivity index (χ0n) is 7.56. The van der Waals surface area contributed by atoms with Crippen molar-refractivity contribution in [1.82, 2.24) is 0 Å². The van der Waals surface area contributed by atoms with Crippen molar-refractivity contribution in [3.63, 3.8) is 0 Å². The van der Waals surface area contributed by atoms with Gasteiger partial charge in [-0.15, -0.1) is 5.73 Å². The highest BCUT2D eigenvalue weighted by Gasteiger charge is 2.42. The minimum Gasteiger partial charge on any atom is -0.133 e. The van der Waals surface area contributed by atoms with Crippen LogP contribution in [0.4, 0.5) is 0 Å². The monoisotopic (exact) mass is 168 g/mol. The van der Waals surface area contributed by atoms with Crippen LogP contribution in [0.15, 0.2) is 18.4 Å². The summed E-state index contributed by atoms with van der Waals surface area (Å²) in [7, 11) is 0.248. The van der Waals surface area contributed by atoms with E-state index in [1.807, 2.05) is 0 Å². The van der Waals surface area contributed by atoms with Crippen LogP contribution >= 0.6 is 7.92 Å². The van der Waals surface area contributed by atoms with Gasteiger partial charge in [0.15, 0.2) is 0 Å². The van der Waals surface area contributed by atoms with Crippen LogP contribution in [0.5, 0.6) is 0 Å². The molecule has 1 heteroatoms. The number of hydrogen-bond donors (Lipinski definition) is 0. The van der Waals surface area contributed by atoms with Crippen LogP contribution in [-0.2, 0) is 0 Å². The number of rotatable bonds is 4. The Balaban J connectivity index is 2.42. The molecule has 0 saturated heterocycles. The Morgan fingerprint density at radius 3 is 2.64 bits per heavy atom. The fraction of sp³-hybridized carbons (Fsp3) is 0.700. The first-order valence-electron chi connectivity index (χ1n) is 4.32. The summed E-state index contributed by atoms with van der Waals surface area (Å²) in [5, 5.41) is 0.734. The van der Waals surface area contributed by atoms with Crippen LogP contribution in [0.1, 0.15) is 26.7 Å². The first-order chi connectivity index (χ1) is 5.23. The van der Waals surface area contributed by atoms with Crippen molar-refractivity contribution in [2.75, 3.05) is 12.3 Å². The van der Waals surface area contributed by atoms with Crippen LogP contribution in [0, 0.1) is 0 Å². The van der Waals surface area contributed by atoms with Crippen molar-refractivity contribution < 1.29 is 0 Å². The first kappa shape index (κ1) is 9.04. The molecule has 62 valence electrons. The molecule has 0 nitrogen and oxygen atoms in total. The Morgan fingerprint density at radius 2 is 2.27 bits per heavy atom. The highest BCUT2D eigenvalue weighted by atomic mass is 31.1. The van der Waals surface area contributed by atoms with Crippen LogP contribution in [0.2, 0.25) is 0 Å². The molecule has 1 fully saturated rings. The molecule has 1 aliphatic rings. The van der Waals surface area contributed by atoms with Crippen LogP contribution in [-0.4, -0.2) is 17.5 Å². The predicted octanol–water partition coefficient (Wildman–Crippen LogP) is 3.38. The molecule has 0 aliphatic heterocycles. The van der Waals surface area contributed by atoms with Gasteiger partial charge in [0, 0.05) is 0 Å². The molecule has 0 bridgehead atoms. The predicted molar refractivity (Wildman–Crippen MR) is 53.7 cm³/mol. The standard InChI is InChI=1S/C10H17P/c1-4-6-9-11(5-2)10(3)7-8-10/h6H,1,5,7-9H2,2-3H3. The van der Waals surface area contributed by atoms with Gasteiger partial charge in [0.25, 0.3) is 0 Å². The highest BCUT2D eigenvalue weighted by Crippen LogP contribution is 2.63.